The first-order chi connectivity index (χ1) is 13.9. The Labute approximate surface area is 172 Å². The van der Waals surface area contributed by atoms with Crippen LogP contribution in [-0.4, -0.2) is 60.5 Å². The van der Waals surface area contributed by atoms with Gasteiger partial charge in [0.15, 0.2) is 11.5 Å². The van der Waals surface area contributed by atoms with Crippen LogP contribution in [0, 0.1) is 23.2 Å². The van der Waals surface area contributed by atoms with Crippen LogP contribution in [0.5, 0.6) is 11.5 Å². The van der Waals surface area contributed by atoms with Crippen LogP contribution in [-0.2, 0) is 4.79 Å². The molecule has 6 heteroatoms. The number of hydrogen-bond donors (Lipinski definition) is 2. The number of aliphatic hydroxyl groups is 2. The predicted octanol–water partition coefficient (Wildman–Crippen LogP) is 2.43. The molecule has 3 fully saturated rings. The minimum Gasteiger partial charge on any atom is -0.493 e. The van der Waals surface area contributed by atoms with Crippen LogP contribution in [0.25, 0.3) is 0 Å². The summed E-state index contributed by atoms with van der Waals surface area (Å²) in [5.41, 5.74) is 0.526. The second kappa shape index (κ2) is 7.80. The van der Waals surface area contributed by atoms with E-state index in [0.29, 0.717) is 24.8 Å². The number of benzene rings is 1. The summed E-state index contributed by atoms with van der Waals surface area (Å²) in [4.78, 5) is 13.7. The monoisotopic (exact) mass is 403 g/mol. The molecule has 0 radical (unpaired) electrons. The zero-order valence-corrected chi connectivity index (χ0v) is 17.6. The van der Waals surface area contributed by atoms with E-state index in [1.165, 1.54) is 19.3 Å². The minimum absolute atomic E-state index is 0.0495. The number of fused-ring (bicyclic) bond motifs is 1. The third kappa shape index (κ3) is 3.61. The van der Waals surface area contributed by atoms with Gasteiger partial charge in [0.25, 0.3) is 0 Å². The number of likely N-dealkylation sites (tertiary alicyclic amines) is 1. The van der Waals surface area contributed by atoms with Gasteiger partial charge in [-0.1, -0.05) is 19.4 Å². The number of carbonyl (C=O) groups excluding carboxylic acids is 1. The summed E-state index contributed by atoms with van der Waals surface area (Å²) in [6.45, 7) is 4.88. The Balaban J connectivity index is 1.55. The molecular weight excluding hydrogens is 370 g/mol. The molecule has 0 bridgehead atoms. The molecule has 5 atom stereocenters. The van der Waals surface area contributed by atoms with Crippen molar-refractivity contribution in [2.75, 3.05) is 33.4 Å². The fourth-order valence-corrected chi connectivity index (χ4v) is 5.64. The molecule has 2 saturated carbocycles. The summed E-state index contributed by atoms with van der Waals surface area (Å²) in [5, 5.41) is 19.8. The molecule has 4 rings (SSSR count). The summed E-state index contributed by atoms with van der Waals surface area (Å²) >= 11 is 0. The van der Waals surface area contributed by atoms with Crippen LogP contribution >= 0.6 is 0 Å². The number of rotatable bonds is 7. The van der Waals surface area contributed by atoms with Gasteiger partial charge in [0.2, 0.25) is 5.91 Å². The quantitative estimate of drug-likeness (QED) is 0.731. The Morgan fingerprint density at radius 3 is 2.66 bits per heavy atom. The number of amides is 1. The fraction of sp³-hybridized carbons (Fsp3) is 0.696. The van der Waals surface area contributed by atoms with Gasteiger partial charge in [-0.15, -0.1) is 0 Å². The van der Waals surface area contributed by atoms with Crippen LogP contribution in [0.1, 0.15) is 44.6 Å². The van der Waals surface area contributed by atoms with Gasteiger partial charge in [-0.05, 0) is 55.2 Å². The van der Waals surface area contributed by atoms with Gasteiger partial charge in [-0.3, -0.25) is 4.79 Å². The molecule has 5 unspecified atom stereocenters. The number of carbonyl (C=O) groups is 1. The molecule has 1 aliphatic heterocycles. The highest BCUT2D eigenvalue weighted by Crippen LogP contribution is 2.57. The molecule has 0 aromatic heterocycles. The molecule has 1 aromatic carbocycles. The van der Waals surface area contributed by atoms with Crippen molar-refractivity contribution >= 4 is 5.91 Å². The predicted molar refractivity (Wildman–Crippen MR) is 109 cm³/mol. The van der Waals surface area contributed by atoms with Crippen molar-refractivity contribution in [2.24, 2.45) is 23.2 Å². The van der Waals surface area contributed by atoms with E-state index >= 15 is 0 Å². The summed E-state index contributed by atoms with van der Waals surface area (Å²) < 4.78 is 11.7. The lowest BCUT2D eigenvalue weighted by molar-refractivity contribution is -0.133. The maximum absolute atomic E-state index is 12.1. The zero-order chi connectivity index (χ0) is 20.8. The van der Waals surface area contributed by atoms with Gasteiger partial charge < -0.3 is 24.6 Å². The van der Waals surface area contributed by atoms with Crippen molar-refractivity contribution in [2.45, 2.75) is 45.1 Å². The molecule has 1 amide bonds. The molecule has 6 nitrogen and oxygen atoms in total. The van der Waals surface area contributed by atoms with Crippen molar-refractivity contribution in [3.63, 3.8) is 0 Å². The number of ether oxygens (including phenoxy) is 2. The van der Waals surface area contributed by atoms with Gasteiger partial charge >= 0.3 is 0 Å². The van der Waals surface area contributed by atoms with E-state index in [1.54, 1.807) is 18.9 Å². The first-order valence-electron chi connectivity index (χ1n) is 10.8. The molecular formula is C23H33NO5. The van der Waals surface area contributed by atoms with Gasteiger partial charge in [-0.2, -0.15) is 0 Å². The number of nitrogens with zero attached hydrogens (tertiary/aromatic N) is 1. The minimum atomic E-state index is -0.596. The summed E-state index contributed by atoms with van der Waals surface area (Å²) in [5.74, 6) is 3.45. The Bertz CT molecular complexity index is 756. The lowest BCUT2D eigenvalue weighted by Crippen LogP contribution is -2.38. The van der Waals surface area contributed by atoms with E-state index in [0.717, 1.165) is 29.8 Å². The summed E-state index contributed by atoms with van der Waals surface area (Å²) in [7, 11) is 1.64. The fourth-order valence-electron chi connectivity index (χ4n) is 5.64. The van der Waals surface area contributed by atoms with Crippen LogP contribution in [0.4, 0.5) is 0 Å². The van der Waals surface area contributed by atoms with Crippen LogP contribution < -0.4 is 9.47 Å². The highest BCUT2D eigenvalue weighted by Gasteiger charge is 2.53. The number of aliphatic hydroxyl groups excluding tert-OH is 2. The van der Waals surface area contributed by atoms with Crippen molar-refractivity contribution in [3.05, 3.63) is 23.8 Å². The van der Waals surface area contributed by atoms with Crippen molar-refractivity contribution in [1.82, 2.24) is 4.90 Å². The Morgan fingerprint density at radius 1 is 1.31 bits per heavy atom. The van der Waals surface area contributed by atoms with Crippen molar-refractivity contribution < 1.29 is 24.5 Å². The van der Waals surface area contributed by atoms with E-state index in [9.17, 15) is 15.0 Å². The van der Waals surface area contributed by atoms with E-state index < -0.39 is 18.1 Å². The molecule has 2 aliphatic carbocycles. The van der Waals surface area contributed by atoms with Gasteiger partial charge in [0.1, 0.15) is 6.61 Å². The molecule has 1 aromatic rings. The average Bonchev–Trinajstić information content (AvgIpc) is 3.05. The molecule has 1 saturated heterocycles. The Hall–Kier alpha value is -1.79. The zero-order valence-electron chi connectivity index (χ0n) is 17.6. The molecule has 29 heavy (non-hydrogen) atoms. The highest BCUT2D eigenvalue weighted by molar-refractivity contribution is 5.77. The molecule has 0 spiro atoms. The summed E-state index contributed by atoms with van der Waals surface area (Å²) in [6.07, 6.45) is 3.42. The number of methoxy groups -OCH3 is 1. The second-order valence-electron chi connectivity index (χ2n) is 9.31. The lowest BCUT2D eigenvalue weighted by atomic mass is 9.72. The van der Waals surface area contributed by atoms with Gasteiger partial charge in [0.05, 0.1) is 19.8 Å². The Morgan fingerprint density at radius 2 is 2.03 bits per heavy atom. The molecule has 2 N–H and O–H groups in total. The number of hydrogen-bond acceptors (Lipinski definition) is 5. The first kappa shape index (κ1) is 20.5. The lowest BCUT2D eigenvalue weighted by Gasteiger charge is -2.33. The second-order valence-corrected chi connectivity index (χ2v) is 9.31. The van der Waals surface area contributed by atoms with Gasteiger partial charge in [0, 0.05) is 24.4 Å². The van der Waals surface area contributed by atoms with Crippen LogP contribution in [0.2, 0.25) is 0 Å². The standard InChI is InChI=1S/C23H33NO5/c1-14(26)23(2)13-24(22(27)11-25)10-19(23)15-7-8-20(28-3)21(9-15)29-12-18-16-5-4-6-17(16)18/h7-9,14,16-19,25-26H,4-6,10-13H2,1-3H3. The highest BCUT2D eigenvalue weighted by atomic mass is 16.5. The van der Waals surface area contributed by atoms with E-state index in [-0.39, 0.29) is 11.8 Å². The smallest absolute Gasteiger partial charge is 0.248 e. The normalized spacial score (nSPS) is 34.0. The van der Waals surface area contributed by atoms with Crippen molar-refractivity contribution in [1.29, 1.82) is 0 Å². The first-order valence-corrected chi connectivity index (χ1v) is 10.8. The van der Waals surface area contributed by atoms with E-state index in [4.69, 9.17) is 9.47 Å². The third-order valence-electron chi connectivity index (χ3n) is 7.78. The molecule has 160 valence electrons. The Kier molecular flexibility index (Phi) is 5.51. The van der Waals surface area contributed by atoms with E-state index in [2.05, 4.69) is 0 Å². The maximum atomic E-state index is 12.1. The summed E-state index contributed by atoms with van der Waals surface area (Å²) in [6, 6.07) is 5.92. The largest absolute Gasteiger partial charge is 0.493 e. The SMILES string of the molecule is COc1ccc(C2CN(C(=O)CO)CC2(C)C(C)O)cc1OCC1C2CCCC21. The average molecular weight is 404 g/mol. The molecule has 3 aliphatic rings. The van der Waals surface area contributed by atoms with Gasteiger partial charge in [-0.25, -0.2) is 0 Å². The third-order valence-corrected chi connectivity index (χ3v) is 7.78. The van der Waals surface area contributed by atoms with Crippen LogP contribution in [0.3, 0.4) is 0 Å². The van der Waals surface area contributed by atoms with Crippen LogP contribution in [0.15, 0.2) is 18.2 Å². The topological polar surface area (TPSA) is 79.2 Å². The molecule has 1 heterocycles. The van der Waals surface area contributed by atoms with Crippen molar-refractivity contribution in [3.8, 4) is 11.5 Å². The maximum Gasteiger partial charge on any atom is 0.248 e. The van der Waals surface area contributed by atoms with E-state index in [1.807, 2.05) is 25.1 Å².